The van der Waals surface area contributed by atoms with Crippen LogP contribution in [0, 0.1) is 0 Å². The fraction of sp³-hybridized carbons (Fsp3) is 0.400. The highest BCUT2D eigenvalue weighted by atomic mass is 79.9. The van der Waals surface area contributed by atoms with Crippen molar-refractivity contribution in [1.29, 1.82) is 0 Å². The van der Waals surface area contributed by atoms with Crippen LogP contribution in [-0.2, 0) is 0 Å². The van der Waals surface area contributed by atoms with Gasteiger partial charge in [0.25, 0.3) is 0 Å². The molecule has 86 valence electrons. The number of carboxylic acids is 1. The Morgan fingerprint density at radius 3 is 3.12 bits per heavy atom. The summed E-state index contributed by atoms with van der Waals surface area (Å²) in [7, 11) is 0. The maximum absolute atomic E-state index is 11.0. The maximum Gasteiger partial charge on any atom is 0.339 e. The Morgan fingerprint density at radius 2 is 2.50 bits per heavy atom. The molecule has 0 aliphatic carbocycles. The number of anilines is 1. The van der Waals surface area contributed by atoms with E-state index >= 15 is 0 Å². The van der Waals surface area contributed by atoms with Crippen molar-refractivity contribution in [3.8, 4) is 0 Å². The molecule has 0 radical (unpaired) electrons. The summed E-state index contributed by atoms with van der Waals surface area (Å²) >= 11 is 5.09. The molecule has 4 nitrogen and oxygen atoms in total. The van der Waals surface area contributed by atoms with Crippen LogP contribution in [-0.4, -0.2) is 33.6 Å². The van der Waals surface area contributed by atoms with Gasteiger partial charge >= 0.3 is 5.97 Å². The van der Waals surface area contributed by atoms with E-state index in [1.54, 1.807) is 12.3 Å². The van der Waals surface area contributed by atoms with Crippen LogP contribution < -0.4 is 5.32 Å². The average molecular weight is 303 g/mol. The molecule has 0 aromatic carbocycles. The molecule has 1 saturated heterocycles. The fourth-order valence-electron chi connectivity index (χ4n) is 1.56. The molecule has 1 unspecified atom stereocenters. The Bertz CT molecular complexity index is 408. The van der Waals surface area contributed by atoms with Crippen molar-refractivity contribution in [2.45, 2.75) is 12.5 Å². The molecular weight excluding hydrogens is 292 g/mol. The van der Waals surface area contributed by atoms with Crippen molar-refractivity contribution in [2.75, 3.05) is 16.8 Å². The number of hydrogen-bond donors (Lipinski definition) is 2. The number of nitrogens with one attached hydrogen (secondary N) is 1. The lowest BCUT2D eigenvalue weighted by molar-refractivity contribution is 0.0697. The summed E-state index contributed by atoms with van der Waals surface area (Å²) in [4.78, 5) is 15.2. The molecule has 2 rings (SSSR count). The van der Waals surface area contributed by atoms with Gasteiger partial charge in [-0.15, -0.1) is 0 Å². The zero-order valence-corrected chi connectivity index (χ0v) is 10.8. The number of halogens is 1. The largest absolute Gasteiger partial charge is 0.478 e. The SMILES string of the molecule is O=C(O)c1cc(Br)cnc1NC1CCSC1. The number of hydrogen-bond acceptors (Lipinski definition) is 4. The number of rotatable bonds is 3. The minimum absolute atomic E-state index is 0.214. The standard InChI is InChI=1S/C10H11BrN2O2S/c11-6-3-8(10(14)15)9(12-4-6)13-7-1-2-16-5-7/h3-4,7H,1-2,5H2,(H,12,13)(H,14,15). The number of nitrogens with zero attached hydrogens (tertiary/aromatic N) is 1. The van der Waals surface area contributed by atoms with E-state index in [1.165, 1.54) is 0 Å². The van der Waals surface area contributed by atoms with E-state index < -0.39 is 5.97 Å². The van der Waals surface area contributed by atoms with E-state index in [0.29, 0.717) is 16.3 Å². The molecule has 1 aromatic rings. The van der Waals surface area contributed by atoms with Crippen LogP contribution in [0.1, 0.15) is 16.8 Å². The Labute approximate surface area is 106 Å². The Morgan fingerprint density at radius 1 is 1.69 bits per heavy atom. The highest BCUT2D eigenvalue weighted by Crippen LogP contribution is 2.23. The van der Waals surface area contributed by atoms with Crippen molar-refractivity contribution in [3.05, 3.63) is 22.3 Å². The smallest absolute Gasteiger partial charge is 0.339 e. The Balaban J connectivity index is 2.21. The molecule has 6 heteroatoms. The molecule has 1 aliphatic heterocycles. The molecule has 2 heterocycles. The van der Waals surface area contributed by atoms with Crippen LogP contribution in [0.15, 0.2) is 16.7 Å². The summed E-state index contributed by atoms with van der Waals surface area (Å²) in [6, 6.07) is 1.90. The first-order valence-corrected chi connectivity index (χ1v) is 6.84. The van der Waals surface area contributed by atoms with E-state index in [0.717, 1.165) is 17.9 Å². The van der Waals surface area contributed by atoms with Gasteiger partial charge in [0.1, 0.15) is 11.4 Å². The van der Waals surface area contributed by atoms with Gasteiger partial charge in [0.2, 0.25) is 0 Å². The molecule has 1 aliphatic rings. The van der Waals surface area contributed by atoms with Crippen molar-refractivity contribution < 1.29 is 9.90 Å². The predicted molar refractivity (Wildman–Crippen MR) is 68.2 cm³/mol. The van der Waals surface area contributed by atoms with Gasteiger partial charge in [0.05, 0.1) is 0 Å². The molecule has 1 aromatic heterocycles. The minimum Gasteiger partial charge on any atom is -0.478 e. The van der Waals surface area contributed by atoms with Gasteiger partial charge in [-0.25, -0.2) is 9.78 Å². The first kappa shape index (κ1) is 11.7. The normalized spacial score (nSPS) is 19.7. The van der Waals surface area contributed by atoms with Crippen molar-refractivity contribution in [3.63, 3.8) is 0 Å². The lowest BCUT2D eigenvalue weighted by Crippen LogP contribution is -2.21. The van der Waals surface area contributed by atoms with E-state index in [4.69, 9.17) is 5.11 Å². The molecule has 0 spiro atoms. The lowest BCUT2D eigenvalue weighted by atomic mass is 10.2. The maximum atomic E-state index is 11.0. The van der Waals surface area contributed by atoms with Crippen LogP contribution in [0.25, 0.3) is 0 Å². The van der Waals surface area contributed by atoms with Gasteiger partial charge in [-0.2, -0.15) is 11.8 Å². The van der Waals surface area contributed by atoms with E-state index in [9.17, 15) is 4.79 Å². The topological polar surface area (TPSA) is 62.2 Å². The molecular formula is C10H11BrN2O2S. The number of carboxylic acid groups (broad SMARTS) is 1. The molecule has 0 amide bonds. The van der Waals surface area contributed by atoms with Crippen LogP contribution in [0.5, 0.6) is 0 Å². The van der Waals surface area contributed by atoms with Crippen LogP contribution in [0.4, 0.5) is 5.82 Å². The molecule has 2 N–H and O–H groups in total. The number of pyridine rings is 1. The summed E-state index contributed by atoms with van der Waals surface area (Å²) in [6.07, 6.45) is 2.67. The van der Waals surface area contributed by atoms with Gasteiger partial charge in [0, 0.05) is 22.5 Å². The first-order valence-electron chi connectivity index (χ1n) is 4.90. The van der Waals surface area contributed by atoms with E-state index in [-0.39, 0.29) is 5.56 Å². The molecule has 0 saturated carbocycles. The molecule has 0 bridgehead atoms. The van der Waals surface area contributed by atoms with E-state index in [2.05, 4.69) is 26.2 Å². The zero-order chi connectivity index (χ0) is 11.5. The quantitative estimate of drug-likeness (QED) is 0.898. The summed E-state index contributed by atoms with van der Waals surface area (Å²) in [5.41, 5.74) is 0.214. The van der Waals surface area contributed by atoms with Gasteiger partial charge in [-0.1, -0.05) is 0 Å². The number of carbonyl (C=O) groups is 1. The fourth-order valence-corrected chi connectivity index (χ4v) is 3.04. The highest BCUT2D eigenvalue weighted by molar-refractivity contribution is 9.10. The lowest BCUT2D eigenvalue weighted by Gasteiger charge is -2.13. The van der Waals surface area contributed by atoms with Crippen LogP contribution >= 0.6 is 27.7 Å². The third kappa shape index (κ3) is 2.68. The van der Waals surface area contributed by atoms with Crippen molar-refractivity contribution >= 4 is 39.5 Å². The van der Waals surface area contributed by atoms with Gasteiger partial charge < -0.3 is 10.4 Å². The second-order valence-corrected chi connectivity index (χ2v) is 5.63. The number of aromatic nitrogens is 1. The Kier molecular flexibility index (Phi) is 3.70. The second-order valence-electron chi connectivity index (χ2n) is 3.56. The third-order valence-corrected chi connectivity index (χ3v) is 3.95. The average Bonchev–Trinajstić information content (AvgIpc) is 2.73. The Hall–Kier alpha value is -0.750. The number of thioether (sulfide) groups is 1. The third-order valence-electron chi connectivity index (χ3n) is 2.36. The van der Waals surface area contributed by atoms with Crippen molar-refractivity contribution in [1.82, 2.24) is 4.98 Å². The molecule has 1 fully saturated rings. The van der Waals surface area contributed by atoms with Gasteiger partial charge in [-0.3, -0.25) is 0 Å². The van der Waals surface area contributed by atoms with E-state index in [1.807, 2.05) is 11.8 Å². The second kappa shape index (κ2) is 5.05. The minimum atomic E-state index is -0.957. The number of aromatic carboxylic acids is 1. The summed E-state index contributed by atoms with van der Waals surface area (Å²) in [5.74, 6) is 1.64. The summed E-state index contributed by atoms with van der Waals surface area (Å²) in [6.45, 7) is 0. The zero-order valence-electron chi connectivity index (χ0n) is 8.44. The van der Waals surface area contributed by atoms with Crippen LogP contribution in [0.3, 0.4) is 0 Å². The highest BCUT2D eigenvalue weighted by Gasteiger charge is 2.19. The first-order chi connectivity index (χ1) is 7.66. The van der Waals surface area contributed by atoms with Gasteiger partial charge in [-0.05, 0) is 34.2 Å². The monoisotopic (exact) mass is 302 g/mol. The molecule has 1 atom stereocenters. The van der Waals surface area contributed by atoms with Crippen molar-refractivity contribution in [2.24, 2.45) is 0 Å². The summed E-state index contributed by atoms with van der Waals surface area (Å²) < 4.78 is 0.677. The molecule has 16 heavy (non-hydrogen) atoms. The summed E-state index contributed by atoms with van der Waals surface area (Å²) in [5, 5.41) is 12.2. The predicted octanol–water partition coefficient (Wildman–Crippen LogP) is 2.46. The van der Waals surface area contributed by atoms with Gasteiger partial charge in [0.15, 0.2) is 0 Å². The van der Waals surface area contributed by atoms with Crippen LogP contribution in [0.2, 0.25) is 0 Å².